The van der Waals surface area contributed by atoms with E-state index in [1.54, 1.807) is 0 Å². The zero-order valence-electron chi connectivity index (χ0n) is 5.67. The van der Waals surface area contributed by atoms with Crippen LogP contribution in [-0.2, 0) is 6.54 Å². The first-order valence-electron chi connectivity index (χ1n) is 3.01. The molecule has 0 radical (unpaired) electrons. The van der Waals surface area contributed by atoms with Gasteiger partial charge in [0.05, 0.1) is 0 Å². The van der Waals surface area contributed by atoms with Gasteiger partial charge >= 0.3 is 5.82 Å². The van der Waals surface area contributed by atoms with Gasteiger partial charge in [-0.2, -0.15) is 12.6 Å². The summed E-state index contributed by atoms with van der Waals surface area (Å²) in [6.07, 6.45) is 2.65. The molecule has 0 aliphatic carbocycles. The number of thiol groups is 1. The third kappa shape index (κ3) is 1.70. The van der Waals surface area contributed by atoms with Gasteiger partial charge in [-0.3, -0.25) is 0 Å². The average molecular weight is 173 g/mol. The molecule has 0 saturated heterocycles. The molecule has 0 spiro atoms. The number of aryl methyl sites for hydroxylation is 1. The summed E-state index contributed by atoms with van der Waals surface area (Å²) in [6, 6.07) is 0. The van der Waals surface area contributed by atoms with E-state index in [-0.39, 0.29) is 5.82 Å². The Morgan fingerprint density at radius 2 is 2.55 bits per heavy atom. The Balaban J connectivity index is 2.87. The van der Waals surface area contributed by atoms with Crippen LogP contribution < -0.4 is 0 Å². The molecule has 1 heterocycles. The van der Waals surface area contributed by atoms with E-state index in [1.165, 1.54) is 17.1 Å². The summed E-state index contributed by atoms with van der Waals surface area (Å²) in [5.74, 6) is 0.580. The molecule has 0 amide bonds. The van der Waals surface area contributed by atoms with Crippen molar-refractivity contribution in [3.8, 4) is 0 Å². The molecule has 0 aliphatic rings. The van der Waals surface area contributed by atoms with E-state index in [0.29, 0.717) is 12.3 Å². The molecule has 0 aliphatic heterocycles. The summed E-state index contributed by atoms with van der Waals surface area (Å²) in [7, 11) is 0. The van der Waals surface area contributed by atoms with E-state index in [2.05, 4.69) is 17.6 Å². The summed E-state index contributed by atoms with van der Waals surface area (Å²) in [5, 5.41) is 10.3. The van der Waals surface area contributed by atoms with Crippen LogP contribution in [0.4, 0.5) is 5.82 Å². The second-order valence-electron chi connectivity index (χ2n) is 1.93. The molecule has 0 bridgehead atoms. The molecule has 0 atom stereocenters. The van der Waals surface area contributed by atoms with Crippen LogP contribution in [0.2, 0.25) is 0 Å². The van der Waals surface area contributed by atoms with Crippen LogP contribution in [-0.4, -0.2) is 20.2 Å². The second-order valence-corrected chi connectivity index (χ2v) is 2.37. The smallest absolute Gasteiger partial charge is 0.342 e. The Kier molecular flexibility index (Phi) is 2.48. The van der Waals surface area contributed by atoms with E-state index in [1.807, 2.05) is 0 Å². The van der Waals surface area contributed by atoms with Gasteiger partial charge in [0.25, 0.3) is 0 Å². The maximum Gasteiger partial charge on any atom is 0.342 e. The normalized spacial score (nSPS) is 9.91. The molecule has 1 aromatic rings. The molecule has 0 N–H and O–H groups in total. The molecule has 1 rings (SSSR count). The SMILES string of the molecule is O=[N+]([O-])c1cncn1CCS. The molecule has 11 heavy (non-hydrogen) atoms. The number of hydrogen-bond donors (Lipinski definition) is 1. The average Bonchev–Trinajstić information content (AvgIpc) is 2.36. The van der Waals surface area contributed by atoms with Gasteiger partial charge in [0.1, 0.15) is 12.7 Å². The topological polar surface area (TPSA) is 61.0 Å². The van der Waals surface area contributed by atoms with Crippen molar-refractivity contribution in [3.05, 3.63) is 22.6 Å². The molecule has 5 nitrogen and oxygen atoms in total. The highest BCUT2D eigenvalue weighted by Crippen LogP contribution is 2.08. The molecular weight excluding hydrogens is 166 g/mol. The van der Waals surface area contributed by atoms with Crippen LogP contribution in [0.5, 0.6) is 0 Å². The molecule has 60 valence electrons. The predicted molar refractivity (Wildman–Crippen MR) is 42.7 cm³/mol. The molecule has 6 heteroatoms. The fourth-order valence-corrected chi connectivity index (χ4v) is 0.961. The van der Waals surface area contributed by atoms with Gasteiger partial charge in [0.15, 0.2) is 6.33 Å². The molecule has 0 unspecified atom stereocenters. The van der Waals surface area contributed by atoms with Crippen molar-refractivity contribution < 1.29 is 4.92 Å². The van der Waals surface area contributed by atoms with Crippen LogP contribution >= 0.6 is 12.6 Å². The molecule has 1 aromatic heterocycles. The van der Waals surface area contributed by atoms with Gasteiger partial charge in [-0.15, -0.1) is 0 Å². The molecule has 0 saturated carbocycles. The van der Waals surface area contributed by atoms with Gasteiger partial charge < -0.3 is 10.1 Å². The Morgan fingerprint density at radius 1 is 1.82 bits per heavy atom. The molecule has 0 fully saturated rings. The first kappa shape index (κ1) is 8.06. The monoisotopic (exact) mass is 173 g/mol. The van der Waals surface area contributed by atoms with Crippen LogP contribution in [0.3, 0.4) is 0 Å². The minimum atomic E-state index is -0.462. The maximum absolute atomic E-state index is 10.3. The first-order chi connectivity index (χ1) is 5.25. The lowest BCUT2D eigenvalue weighted by Crippen LogP contribution is -2.02. The summed E-state index contributed by atoms with van der Waals surface area (Å²) in [6.45, 7) is 0.513. The number of nitro groups is 1. The number of aromatic nitrogens is 2. The zero-order valence-corrected chi connectivity index (χ0v) is 6.57. The number of rotatable bonds is 3. The fourth-order valence-electron chi connectivity index (χ4n) is 0.746. The fraction of sp³-hybridized carbons (Fsp3) is 0.400. The Hall–Kier alpha value is -1.04. The van der Waals surface area contributed by atoms with Crippen molar-refractivity contribution in [2.24, 2.45) is 0 Å². The first-order valence-corrected chi connectivity index (χ1v) is 3.64. The number of hydrogen-bond acceptors (Lipinski definition) is 4. The van der Waals surface area contributed by atoms with E-state index in [0.717, 1.165) is 0 Å². The standard InChI is InChI=1S/C5H7N3O2S/c9-8(10)5-3-6-4-7(5)1-2-11/h3-4,11H,1-2H2. The second kappa shape index (κ2) is 3.38. The quantitative estimate of drug-likeness (QED) is 0.416. The summed E-state index contributed by atoms with van der Waals surface area (Å²) in [4.78, 5) is 13.5. The number of imidazole rings is 1. The Bertz CT molecular complexity index is 260. The van der Waals surface area contributed by atoms with Crippen molar-refractivity contribution in [3.63, 3.8) is 0 Å². The van der Waals surface area contributed by atoms with E-state index >= 15 is 0 Å². The Labute approximate surface area is 68.6 Å². The van der Waals surface area contributed by atoms with Gasteiger partial charge in [0.2, 0.25) is 0 Å². The lowest BCUT2D eigenvalue weighted by molar-refractivity contribution is -0.392. The van der Waals surface area contributed by atoms with Crippen LogP contribution in [0.15, 0.2) is 12.5 Å². The predicted octanol–water partition coefficient (Wildman–Crippen LogP) is 0.721. The highest BCUT2D eigenvalue weighted by molar-refractivity contribution is 7.80. The minimum Gasteiger partial charge on any atom is -0.358 e. The van der Waals surface area contributed by atoms with Gasteiger partial charge in [-0.25, -0.2) is 9.55 Å². The van der Waals surface area contributed by atoms with E-state index < -0.39 is 4.92 Å². The van der Waals surface area contributed by atoms with E-state index in [9.17, 15) is 10.1 Å². The van der Waals surface area contributed by atoms with Crippen LogP contribution in [0.25, 0.3) is 0 Å². The molecular formula is C5H7N3O2S. The maximum atomic E-state index is 10.3. The zero-order chi connectivity index (χ0) is 8.27. The lowest BCUT2D eigenvalue weighted by atomic mass is 10.6. The van der Waals surface area contributed by atoms with Crippen molar-refractivity contribution in [1.82, 2.24) is 9.55 Å². The lowest BCUT2D eigenvalue weighted by Gasteiger charge is -1.95. The van der Waals surface area contributed by atoms with Crippen molar-refractivity contribution in [2.75, 3.05) is 5.75 Å². The third-order valence-electron chi connectivity index (χ3n) is 1.22. The summed E-state index contributed by atoms with van der Waals surface area (Å²) >= 11 is 3.95. The van der Waals surface area contributed by atoms with Crippen molar-refractivity contribution in [2.45, 2.75) is 6.54 Å². The van der Waals surface area contributed by atoms with Crippen molar-refractivity contribution >= 4 is 18.4 Å². The highest BCUT2D eigenvalue weighted by Gasteiger charge is 2.10. The summed E-state index contributed by atoms with van der Waals surface area (Å²) in [5.41, 5.74) is 0. The van der Waals surface area contributed by atoms with Crippen LogP contribution in [0, 0.1) is 10.1 Å². The van der Waals surface area contributed by atoms with Crippen molar-refractivity contribution in [1.29, 1.82) is 0 Å². The van der Waals surface area contributed by atoms with Gasteiger partial charge in [-0.05, 0) is 4.92 Å². The number of nitrogens with zero attached hydrogens (tertiary/aromatic N) is 3. The highest BCUT2D eigenvalue weighted by atomic mass is 32.1. The van der Waals surface area contributed by atoms with Gasteiger partial charge in [0, 0.05) is 5.75 Å². The third-order valence-corrected chi connectivity index (χ3v) is 1.42. The minimum absolute atomic E-state index is 0.0130. The van der Waals surface area contributed by atoms with Crippen LogP contribution in [0.1, 0.15) is 0 Å². The largest absolute Gasteiger partial charge is 0.358 e. The summed E-state index contributed by atoms with van der Waals surface area (Å²) < 4.78 is 1.45. The van der Waals surface area contributed by atoms with Gasteiger partial charge in [-0.1, -0.05) is 0 Å². The Morgan fingerprint density at radius 3 is 3.09 bits per heavy atom. The molecule has 0 aromatic carbocycles. The van der Waals surface area contributed by atoms with E-state index in [4.69, 9.17) is 0 Å².